The van der Waals surface area contributed by atoms with Crippen LogP contribution < -0.4 is 5.73 Å². The maximum Gasteiger partial charge on any atom is 0.152 e. The molecule has 4 heteroatoms. The Morgan fingerprint density at radius 1 is 1.20 bits per heavy atom. The molecule has 0 aromatic heterocycles. The van der Waals surface area contributed by atoms with Crippen LogP contribution in [0.2, 0.25) is 0 Å². The monoisotopic (exact) mass is 235 g/mol. The Morgan fingerprint density at radius 3 is 1.93 bits per heavy atom. The van der Waals surface area contributed by atoms with Crippen LogP contribution in [0, 0.1) is 11.3 Å². The Bertz CT molecular complexity index is 283. The lowest BCUT2D eigenvalue weighted by molar-refractivity contribution is 0.220. The van der Waals surface area contributed by atoms with Crippen molar-refractivity contribution >= 4 is 9.84 Å². The van der Waals surface area contributed by atoms with Crippen molar-refractivity contribution in [1.29, 1.82) is 0 Å². The lowest BCUT2D eigenvalue weighted by Gasteiger charge is -2.32. The van der Waals surface area contributed by atoms with E-state index in [2.05, 4.69) is 20.8 Å². The number of hydrogen-bond acceptors (Lipinski definition) is 3. The van der Waals surface area contributed by atoms with Crippen molar-refractivity contribution in [2.45, 2.75) is 46.3 Å². The molecule has 0 amide bonds. The fourth-order valence-electron chi connectivity index (χ4n) is 1.24. The van der Waals surface area contributed by atoms with Crippen molar-refractivity contribution in [3.05, 3.63) is 0 Å². The van der Waals surface area contributed by atoms with Gasteiger partial charge in [0, 0.05) is 0 Å². The third-order valence-corrected chi connectivity index (χ3v) is 5.75. The SMILES string of the molecule is CC(C)C(C)(CN)CCS(=O)(=O)C(C)C. The second-order valence-electron chi connectivity index (χ2n) is 5.18. The summed E-state index contributed by atoms with van der Waals surface area (Å²) >= 11 is 0. The van der Waals surface area contributed by atoms with E-state index in [9.17, 15) is 8.42 Å². The van der Waals surface area contributed by atoms with Crippen LogP contribution in [0.4, 0.5) is 0 Å². The van der Waals surface area contributed by atoms with Gasteiger partial charge in [-0.1, -0.05) is 20.8 Å². The van der Waals surface area contributed by atoms with Crippen LogP contribution in [-0.2, 0) is 9.84 Å². The minimum Gasteiger partial charge on any atom is -0.330 e. The van der Waals surface area contributed by atoms with Crippen molar-refractivity contribution in [2.75, 3.05) is 12.3 Å². The van der Waals surface area contributed by atoms with Crippen LogP contribution in [0.3, 0.4) is 0 Å². The van der Waals surface area contributed by atoms with E-state index in [4.69, 9.17) is 5.73 Å². The highest BCUT2D eigenvalue weighted by atomic mass is 32.2. The fourth-order valence-corrected chi connectivity index (χ4v) is 2.46. The quantitative estimate of drug-likeness (QED) is 0.764. The topological polar surface area (TPSA) is 60.2 Å². The number of nitrogens with two attached hydrogens (primary N) is 1. The summed E-state index contributed by atoms with van der Waals surface area (Å²) in [5, 5.41) is -0.285. The molecule has 0 rings (SSSR count). The van der Waals surface area contributed by atoms with Gasteiger partial charge < -0.3 is 5.73 Å². The van der Waals surface area contributed by atoms with Gasteiger partial charge in [0.05, 0.1) is 11.0 Å². The van der Waals surface area contributed by atoms with Crippen molar-refractivity contribution in [1.82, 2.24) is 0 Å². The Morgan fingerprint density at radius 2 is 1.67 bits per heavy atom. The summed E-state index contributed by atoms with van der Waals surface area (Å²) in [6, 6.07) is 0. The summed E-state index contributed by atoms with van der Waals surface area (Å²) in [4.78, 5) is 0. The third kappa shape index (κ3) is 4.11. The van der Waals surface area contributed by atoms with E-state index in [1.807, 2.05) is 0 Å². The van der Waals surface area contributed by atoms with Crippen LogP contribution >= 0.6 is 0 Å². The van der Waals surface area contributed by atoms with Crippen molar-refractivity contribution < 1.29 is 8.42 Å². The van der Waals surface area contributed by atoms with Gasteiger partial charge in [-0.05, 0) is 38.1 Å². The molecular weight excluding hydrogens is 210 g/mol. The molecule has 0 radical (unpaired) electrons. The van der Waals surface area contributed by atoms with E-state index < -0.39 is 9.84 Å². The van der Waals surface area contributed by atoms with Crippen LogP contribution in [0.1, 0.15) is 41.0 Å². The van der Waals surface area contributed by atoms with Gasteiger partial charge in [-0.15, -0.1) is 0 Å². The smallest absolute Gasteiger partial charge is 0.152 e. The maximum absolute atomic E-state index is 11.7. The molecule has 0 spiro atoms. The fraction of sp³-hybridized carbons (Fsp3) is 1.00. The molecule has 0 aliphatic rings. The minimum absolute atomic E-state index is 0.0675. The molecule has 0 aromatic rings. The Balaban J connectivity index is 4.50. The first-order chi connectivity index (χ1) is 6.65. The summed E-state index contributed by atoms with van der Waals surface area (Å²) in [6.07, 6.45) is 0.654. The van der Waals surface area contributed by atoms with E-state index in [-0.39, 0.29) is 16.4 Å². The third-order valence-electron chi connectivity index (χ3n) is 3.54. The molecule has 0 bridgehead atoms. The zero-order chi connectivity index (χ0) is 12.3. The van der Waals surface area contributed by atoms with Gasteiger partial charge in [0.1, 0.15) is 0 Å². The van der Waals surface area contributed by atoms with Gasteiger partial charge in [0.25, 0.3) is 0 Å². The molecule has 1 unspecified atom stereocenters. The van der Waals surface area contributed by atoms with Gasteiger partial charge >= 0.3 is 0 Å². The summed E-state index contributed by atoms with van der Waals surface area (Å²) in [5.74, 6) is 0.654. The Labute approximate surface area is 94.4 Å². The highest BCUT2D eigenvalue weighted by Crippen LogP contribution is 2.30. The average molecular weight is 235 g/mol. The maximum atomic E-state index is 11.7. The first-order valence-electron chi connectivity index (χ1n) is 5.57. The first-order valence-corrected chi connectivity index (χ1v) is 7.29. The Hall–Kier alpha value is -0.0900. The number of hydrogen-bond donors (Lipinski definition) is 1. The number of rotatable bonds is 6. The molecule has 0 saturated carbocycles. The van der Waals surface area contributed by atoms with Crippen LogP contribution in [0.5, 0.6) is 0 Å². The molecule has 0 saturated heterocycles. The highest BCUT2D eigenvalue weighted by Gasteiger charge is 2.29. The summed E-state index contributed by atoms with van der Waals surface area (Å²) in [6.45, 7) is 10.2. The Kier molecular flexibility index (Phi) is 5.27. The molecule has 3 nitrogen and oxygen atoms in total. The second-order valence-corrected chi connectivity index (χ2v) is 7.86. The molecule has 15 heavy (non-hydrogen) atoms. The van der Waals surface area contributed by atoms with E-state index >= 15 is 0 Å². The normalized spacial score (nSPS) is 17.1. The van der Waals surface area contributed by atoms with Crippen LogP contribution in [0.15, 0.2) is 0 Å². The van der Waals surface area contributed by atoms with Gasteiger partial charge in [0.2, 0.25) is 0 Å². The molecule has 0 aromatic carbocycles. The molecule has 0 fully saturated rings. The zero-order valence-electron chi connectivity index (χ0n) is 10.6. The van der Waals surface area contributed by atoms with Gasteiger partial charge in [-0.2, -0.15) is 0 Å². The predicted molar refractivity (Wildman–Crippen MR) is 65.5 cm³/mol. The predicted octanol–water partition coefficient (Wildman–Crippen LogP) is 1.82. The van der Waals surface area contributed by atoms with Gasteiger partial charge in [-0.25, -0.2) is 8.42 Å². The van der Waals surface area contributed by atoms with Crippen LogP contribution in [-0.4, -0.2) is 26.0 Å². The molecule has 2 N–H and O–H groups in total. The molecule has 0 aliphatic heterocycles. The van der Waals surface area contributed by atoms with E-state index in [1.165, 1.54) is 0 Å². The van der Waals surface area contributed by atoms with Crippen LogP contribution in [0.25, 0.3) is 0 Å². The second kappa shape index (κ2) is 5.30. The molecule has 1 atom stereocenters. The zero-order valence-corrected chi connectivity index (χ0v) is 11.4. The molecule has 92 valence electrons. The van der Waals surface area contributed by atoms with Crippen molar-refractivity contribution in [2.24, 2.45) is 17.1 Å². The highest BCUT2D eigenvalue weighted by molar-refractivity contribution is 7.91. The molecule has 0 aliphatic carbocycles. The summed E-state index contributed by atoms with van der Waals surface area (Å²) in [7, 11) is -2.93. The van der Waals surface area contributed by atoms with Gasteiger partial charge in [-0.3, -0.25) is 0 Å². The number of sulfone groups is 1. The minimum atomic E-state index is -2.93. The first kappa shape index (κ1) is 14.9. The van der Waals surface area contributed by atoms with E-state index in [0.29, 0.717) is 18.9 Å². The molecular formula is C11H25NO2S. The lowest BCUT2D eigenvalue weighted by atomic mass is 9.77. The van der Waals surface area contributed by atoms with Gasteiger partial charge in [0.15, 0.2) is 9.84 Å². The average Bonchev–Trinajstić information content (AvgIpc) is 2.13. The lowest BCUT2D eigenvalue weighted by Crippen LogP contribution is -2.35. The summed E-state index contributed by atoms with van der Waals surface area (Å²) in [5.41, 5.74) is 5.65. The van der Waals surface area contributed by atoms with Crippen molar-refractivity contribution in [3.8, 4) is 0 Å². The van der Waals surface area contributed by atoms with E-state index in [1.54, 1.807) is 13.8 Å². The van der Waals surface area contributed by atoms with E-state index in [0.717, 1.165) is 0 Å². The summed E-state index contributed by atoms with van der Waals surface area (Å²) < 4.78 is 23.3. The molecule has 0 heterocycles. The largest absolute Gasteiger partial charge is 0.330 e. The van der Waals surface area contributed by atoms with Crippen molar-refractivity contribution in [3.63, 3.8) is 0 Å². The standard InChI is InChI=1S/C11H25NO2S/c1-9(2)11(5,8-12)6-7-15(13,14)10(3)4/h9-10H,6-8,12H2,1-5H3.